The van der Waals surface area contributed by atoms with Crippen molar-refractivity contribution in [2.75, 3.05) is 19.6 Å². The molecule has 0 amide bonds. The lowest BCUT2D eigenvalue weighted by atomic mass is 9.97. The number of nitrogens with one attached hydrogen (secondary N) is 1. The molecule has 0 bridgehead atoms. The fourth-order valence-electron chi connectivity index (χ4n) is 3.07. The van der Waals surface area contributed by atoms with Gasteiger partial charge >= 0.3 is 0 Å². The van der Waals surface area contributed by atoms with E-state index in [0.29, 0.717) is 17.4 Å². The molecule has 130 valence electrons. The molecule has 0 unspecified atom stereocenters. The van der Waals surface area contributed by atoms with Crippen LogP contribution in [0.25, 0.3) is 0 Å². The largest absolute Gasteiger partial charge is 0.298 e. The maximum Gasteiger partial charge on any atom is 0.240 e. The van der Waals surface area contributed by atoms with Gasteiger partial charge in [-0.15, -0.1) is 11.3 Å². The van der Waals surface area contributed by atoms with Gasteiger partial charge in [-0.2, -0.15) is 0 Å². The van der Waals surface area contributed by atoms with E-state index < -0.39 is 10.0 Å². The molecule has 1 aliphatic rings. The van der Waals surface area contributed by atoms with Crippen molar-refractivity contribution < 1.29 is 8.42 Å². The molecular weight excluding hydrogens is 340 g/mol. The van der Waals surface area contributed by atoms with E-state index in [4.69, 9.17) is 0 Å². The predicted octanol–water partition coefficient (Wildman–Crippen LogP) is 3.25. The average molecular weight is 365 g/mol. The highest BCUT2D eigenvalue weighted by Gasteiger charge is 2.22. The van der Waals surface area contributed by atoms with Gasteiger partial charge in [0.25, 0.3) is 0 Å². The molecule has 3 rings (SSSR count). The number of likely N-dealkylation sites (tertiary alicyclic amines) is 1. The van der Waals surface area contributed by atoms with E-state index in [1.165, 1.54) is 4.88 Å². The van der Waals surface area contributed by atoms with E-state index in [2.05, 4.69) is 27.1 Å². The van der Waals surface area contributed by atoms with Gasteiger partial charge in [0.1, 0.15) is 0 Å². The summed E-state index contributed by atoms with van der Waals surface area (Å²) in [5.41, 5.74) is 0.958. The third-order valence-electron chi connectivity index (χ3n) is 4.53. The smallest absolute Gasteiger partial charge is 0.240 e. The molecule has 0 aliphatic carbocycles. The minimum absolute atomic E-state index is 0.359. The Hall–Kier alpha value is -1.21. The predicted molar refractivity (Wildman–Crippen MR) is 98.7 cm³/mol. The first-order chi connectivity index (χ1) is 11.5. The lowest BCUT2D eigenvalue weighted by Gasteiger charge is -2.31. The van der Waals surface area contributed by atoms with Crippen LogP contribution in [0.3, 0.4) is 0 Å². The number of aryl methyl sites for hydroxylation is 1. The molecule has 0 radical (unpaired) electrons. The second-order valence-electron chi connectivity index (χ2n) is 6.47. The molecule has 1 saturated heterocycles. The fourth-order valence-corrected chi connectivity index (χ4v) is 5.03. The zero-order valence-corrected chi connectivity index (χ0v) is 15.6. The normalized spacial score (nSPS) is 17.2. The molecule has 1 aromatic heterocycles. The van der Waals surface area contributed by atoms with Crippen LogP contribution in [-0.2, 0) is 16.6 Å². The molecule has 1 N–H and O–H groups in total. The zero-order chi connectivity index (χ0) is 17.0. The van der Waals surface area contributed by atoms with Crippen molar-refractivity contribution >= 4 is 21.4 Å². The molecule has 0 saturated carbocycles. The van der Waals surface area contributed by atoms with Crippen LogP contribution in [0.2, 0.25) is 0 Å². The number of nitrogens with zero attached hydrogens (tertiary/aromatic N) is 1. The molecule has 1 aliphatic heterocycles. The first-order valence-corrected chi connectivity index (χ1v) is 10.7. The van der Waals surface area contributed by atoms with Crippen LogP contribution in [0.5, 0.6) is 0 Å². The summed E-state index contributed by atoms with van der Waals surface area (Å²) in [6, 6.07) is 11.3. The zero-order valence-electron chi connectivity index (χ0n) is 13.9. The molecule has 2 heterocycles. The van der Waals surface area contributed by atoms with Crippen molar-refractivity contribution in [3.63, 3.8) is 0 Å². The Morgan fingerprint density at radius 3 is 2.67 bits per heavy atom. The third-order valence-corrected chi connectivity index (χ3v) is 6.81. The van der Waals surface area contributed by atoms with Gasteiger partial charge in [0.2, 0.25) is 10.0 Å². The third kappa shape index (κ3) is 4.66. The number of hydrogen-bond acceptors (Lipinski definition) is 4. The maximum atomic E-state index is 12.4. The summed E-state index contributed by atoms with van der Waals surface area (Å²) in [6.45, 7) is 5.52. The van der Waals surface area contributed by atoms with Crippen molar-refractivity contribution in [1.82, 2.24) is 9.62 Å². The molecule has 4 nitrogen and oxygen atoms in total. The van der Waals surface area contributed by atoms with Crippen LogP contribution in [0.1, 0.15) is 23.3 Å². The molecule has 2 aromatic rings. The Labute approximate surface area is 148 Å². The molecule has 0 spiro atoms. The Bertz CT molecular complexity index is 749. The monoisotopic (exact) mass is 364 g/mol. The van der Waals surface area contributed by atoms with E-state index >= 15 is 0 Å². The lowest BCUT2D eigenvalue weighted by molar-refractivity contribution is 0.180. The minimum Gasteiger partial charge on any atom is -0.298 e. The number of benzene rings is 1. The van der Waals surface area contributed by atoms with Gasteiger partial charge in [-0.3, -0.25) is 4.90 Å². The van der Waals surface area contributed by atoms with Crippen LogP contribution in [0, 0.1) is 12.8 Å². The maximum absolute atomic E-state index is 12.4. The van der Waals surface area contributed by atoms with Crippen molar-refractivity contribution in [2.24, 2.45) is 5.92 Å². The number of sulfonamides is 1. The van der Waals surface area contributed by atoms with E-state index in [1.54, 1.807) is 29.5 Å². The van der Waals surface area contributed by atoms with Gasteiger partial charge in [-0.05, 0) is 67.9 Å². The highest BCUT2D eigenvalue weighted by Crippen LogP contribution is 2.21. The van der Waals surface area contributed by atoms with Crippen molar-refractivity contribution in [3.05, 3.63) is 52.2 Å². The fraction of sp³-hybridized carbons (Fsp3) is 0.444. The van der Waals surface area contributed by atoms with Gasteiger partial charge in [-0.1, -0.05) is 18.2 Å². The van der Waals surface area contributed by atoms with Crippen LogP contribution >= 0.6 is 11.3 Å². The Morgan fingerprint density at radius 2 is 2.00 bits per heavy atom. The van der Waals surface area contributed by atoms with Gasteiger partial charge in [-0.25, -0.2) is 13.1 Å². The highest BCUT2D eigenvalue weighted by atomic mass is 32.2. The summed E-state index contributed by atoms with van der Waals surface area (Å²) in [6.07, 6.45) is 2.09. The number of thiophene rings is 1. The molecule has 1 aromatic carbocycles. The molecular formula is C18H24N2O2S2. The van der Waals surface area contributed by atoms with Crippen molar-refractivity contribution in [1.29, 1.82) is 0 Å². The second-order valence-corrected chi connectivity index (χ2v) is 9.27. The average Bonchev–Trinajstić information content (AvgIpc) is 3.07. The van der Waals surface area contributed by atoms with Crippen LogP contribution in [0.4, 0.5) is 0 Å². The lowest BCUT2D eigenvalue weighted by Crippen LogP contribution is -2.38. The topological polar surface area (TPSA) is 49.4 Å². The quantitative estimate of drug-likeness (QED) is 0.856. The SMILES string of the molecule is Cc1cccc(S(=O)(=O)NCC2CCN(Cc3cccs3)CC2)c1. The van der Waals surface area contributed by atoms with Crippen LogP contribution in [0.15, 0.2) is 46.7 Å². The number of rotatable bonds is 6. The van der Waals surface area contributed by atoms with E-state index in [1.807, 2.05) is 13.0 Å². The summed E-state index contributed by atoms with van der Waals surface area (Å²) in [5.74, 6) is 0.421. The van der Waals surface area contributed by atoms with Crippen LogP contribution < -0.4 is 4.72 Å². The Morgan fingerprint density at radius 1 is 1.21 bits per heavy atom. The highest BCUT2D eigenvalue weighted by molar-refractivity contribution is 7.89. The van der Waals surface area contributed by atoms with E-state index in [0.717, 1.165) is 38.0 Å². The van der Waals surface area contributed by atoms with Gasteiger partial charge in [0, 0.05) is 18.0 Å². The first kappa shape index (κ1) is 17.6. The first-order valence-electron chi connectivity index (χ1n) is 8.34. The van der Waals surface area contributed by atoms with Gasteiger partial charge < -0.3 is 0 Å². The summed E-state index contributed by atoms with van der Waals surface area (Å²) in [7, 11) is -3.40. The number of hydrogen-bond donors (Lipinski definition) is 1. The van der Waals surface area contributed by atoms with Gasteiger partial charge in [0.15, 0.2) is 0 Å². The molecule has 1 fully saturated rings. The molecule has 24 heavy (non-hydrogen) atoms. The van der Waals surface area contributed by atoms with Gasteiger partial charge in [0.05, 0.1) is 4.90 Å². The Balaban J connectivity index is 1.48. The summed E-state index contributed by atoms with van der Waals surface area (Å²) in [5, 5.41) is 2.11. The molecule has 0 atom stereocenters. The number of piperidine rings is 1. The van der Waals surface area contributed by atoms with E-state index in [-0.39, 0.29) is 0 Å². The standard InChI is InChI=1S/C18H24N2O2S2/c1-15-4-2-6-18(12-15)24(21,22)19-13-16-7-9-20(10-8-16)14-17-5-3-11-23-17/h2-6,11-12,16,19H,7-10,13-14H2,1H3. The Kier molecular flexibility index (Phi) is 5.71. The van der Waals surface area contributed by atoms with Crippen molar-refractivity contribution in [3.8, 4) is 0 Å². The minimum atomic E-state index is -3.40. The summed E-state index contributed by atoms with van der Waals surface area (Å²) in [4.78, 5) is 4.21. The van der Waals surface area contributed by atoms with Crippen molar-refractivity contribution in [2.45, 2.75) is 31.2 Å². The summed E-state index contributed by atoms with van der Waals surface area (Å²) < 4.78 is 27.6. The van der Waals surface area contributed by atoms with E-state index in [9.17, 15) is 8.42 Å². The summed E-state index contributed by atoms with van der Waals surface area (Å²) >= 11 is 1.80. The molecule has 6 heteroatoms. The van der Waals surface area contributed by atoms with Crippen LogP contribution in [-0.4, -0.2) is 33.0 Å². The second kappa shape index (κ2) is 7.78.